The SMILES string of the molecule is CC[C@@H]1CN(C(=O)NCCc2cccs2)[C@H](CO)[C@@H]1CN1CCN(C)CC1. The van der Waals surface area contributed by atoms with Gasteiger partial charge in [0.2, 0.25) is 0 Å². The van der Waals surface area contributed by atoms with Gasteiger partial charge in [0.25, 0.3) is 0 Å². The maximum atomic E-state index is 12.8. The predicted octanol–water partition coefficient (Wildman–Crippen LogP) is 1.57. The Morgan fingerprint density at radius 1 is 1.33 bits per heavy atom. The summed E-state index contributed by atoms with van der Waals surface area (Å²) in [6.45, 7) is 8.99. The average Bonchev–Trinajstić information content (AvgIpc) is 3.31. The smallest absolute Gasteiger partial charge is 0.317 e. The van der Waals surface area contributed by atoms with E-state index in [0.717, 1.165) is 52.1 Å². The third kappa shape index (κ3) is 5.22. The van der Waals surface area contributed by atoms with Crippen molar-refractivity contribution in [3.63, 3.8) is 0 Å². The van der Waals surface area contributed by atoms with Crippen LogP contribution in [0.2, 0.25) is 0 Å². The van der Waals surface area contributed by atoms with Crippen molar-refractivity contribution in [2.24, 2.45) is 11.8 Å². The Hall–Kier alpha value is -1.15. The number of hydrogen-bond donors (Lipinski definition) is 2. The van der Waals surface area contributed by atoms with Gasteiger partial charge >= 0.3 is 6.03 Å². The number of nitrogens with one attached hydrogen (secondary N) is 1. The van der Waals surface area contributed by atoms with Crippen LogP contribution in [-0.2, 0) is 6.42 Å². The lowest BCUT2D eigenvalue weighted by Crippen LogP contribution is -2.50. The highest BCUT2D eigenvalue weighted by Crippen LogP contribution is 2.33. The molecule has 2 saturated heterocycles. The highest BCUT2D eigenvalue weighted by atomic mass is 32.1. The van der Waals surface area contributed by atoms with Crippen molar-refractivity contribution < 1.29 is 9.90 Å². The summed E-state index contributed by atoms with van der Waals surface area (Å²) < 4.78 is 0. The van der Waals surface area contributed by atoms with E-state index in [4.69, 9.17) is 0 Å². The van der Waals surface area contributed by atoms with Gasteiger partial charge in [0.05, 0.1) is 12.6 Å². The number of piperazine rings is 1. The summed E-state index contributed by atoms with van der Waals surface area (Å²) in [5, 5.41) is 15.2. The molecule has 2 aliphatic rings. The maximum absolute atomic E-state index is 12.8. The van der Waals surface area contributed by atoms with E-state index in [9.17, 15) is 9.90 Å². The normalized spacial score (nSPS) is 27.2. The zero-order valence-electron chi connectivity index (χ0n) is 16.6. The van der Waals surface area contributed by atoms with Gasteiger partial charge in [-0.3, -0.25) is 0 Å². The number of urea groups is 1. The molecule has 1 aromatic rings. The number of likely N-dealkylation sites (tertiary alicyclic amines) is 1. The minimum Gasteiger partial charge on any atom is -0.394 e. The van der Waals surface area contributed by atoms with Crippen LogP contribution in [0, 0.1) is 11.8 Å². The highest BCUT2D eigenvalue weighted by Gasteiger charge is 2.43. The van der Waals surface area contributed by atoms with Gasteiger partial charge in [-0.15, -0.1) is 11.3 Å². The summed E-state index contributed by atoms with van der Waals surface area (Å²) in [7, 11) is 2.17. The molecule has 0 bridgehead atoms. The largest absolute Gasteiger partial charge is 0.394 e. The number of rotatable bonds is 7. The number of amides is 2. The Kier molecular flexibility index (Phi) is 7.52. The molecule has 3 atom stereocenters. The van der Waals surface area contributed by atoms with Crippen LogP contribution in [0.15, 0.2) is 17.5 Å². The van der Waals surface area contributed by atoms with Crippen LogP contribution in [0.25, 0.3) is 0 Å². The second-order valence-corrected chi connectivity index (χ2v) is 8.93. The maximum Gasteiger partial charge on any atom is 0.317 e. The molecule has 0 saturated carbocycles. The van der Waals surface area contributed by atoms with Crippen LogP contribution in [0.5, 0.6) is 0 Å². The van der Waals surface area contributed by atoms with Gasteiger partial charge in [-0.1, -0.05) is 19.4 Å². The van der Waals surface area contributed by atoms with E-state index in [0.29, 0.717) is 18.4 Å². The fourth-order valence-corrected chi connectivity index (χ4v) is 5.13. The minimum absolute atomic E-state index is 0.0232. The van der Waals surface area contributed by atoms with Crippen molar-refractivity contribution in [1.29, 1.82) is 0 Å². The molecule has 152 valence electrons. The van der Waals surface area contributed by atoms with Gasteiger partial charge < -0.3 is 25.1 Å². The Bertz CT molecular complexity index is 575. The second-order valence-electron chi connectivity index (χ2n) is 7.90. The first-order valence-corrected chi connectivity index (χ1v) is 11.1. The lowest BCUT2D eigenvalue weighted by Gasteiger charge is -2.36. The number of carbonyl (C=O) groups is 1. The fourth-order valence-electron chi connectivity index (χ4n) is 4.42. The first-order chi connectivity index (χ1) is 13.1. The molecule has 0 aliphatic carbocycles. The Balaban J connectivity index is 1.55. The summed E-state index contributed by atoms with van der Waals surface area (Å²) in [5.41, 5.74) is 0. The Morgan fingerprint density at radius 2 is 2.11 bits per heavy atom. The van der Waals surface area contributed by atoms with Gasteiger partial charge in [0.15, 0.2) is 0 Å². The molecule has 0 spiro atoms. The number of hydrogen-bond acceptors (Lipinski definition) is 5. The zero-order chi connectivity index (χ0) is 19.2. The molecule has 6 nitrogen and oxygen atoms in total. The van der Waals surface area contributed by atoms with E-state index in [1.165, 1.54) is 4.88 Å². The monoisotopic (exact) mass is 394 g/mol. The standard InChI is InChI=1S/C20H34N4O2S/c1-3-16-13-24(20(26)21-7-6-17-5-4-12-27-17)19(15-25)18(16)14-23-10-8-22(2)9-11-23/h4-5,12,16,18-19,25H,3,6-11,13-15H2,1-2H3,(H,21,26)/t16-,18-,19-/m1/s1. The third-order valence-electron chi connectivity index (χ3n) is 6.20. The van der Waals surface area contributed by atoms with Crippen molar-refractivity contribution in [2.75, 3.05) is 59.5 Å². The number of carbonyl (C=O) groups excluding carboxylic acids is 1. The molecule has 0 aromatic carbocycles. The van der Waals surface area contributed by atoms with Crippen LogP contribution in [0.1, 0.15) is 18.2 Å². The molecule has 7 heteroatoms. The highest BCUT2D eigenvalue weighted by molar-refractivity contribution is 7.09. The number of likely N-dealkylation sites (N-methyl/N-ethyl adjacent to an activating group) is 1. The molecular formula is C20H34N4O2S. The summed E-state index contributed by atoms with van der Waals surface area (Å²) in [6.07, 6.45) is 1.91. The summed E-state index contributed by atoms with van der Waals surface area (Å²) >= 11 is 1.72. The van der Waals surface area contributed by atoms with Crippen LogP contribution in [0.4, 0.5) is 4.79 Å². The lowest BCUT2D eigenvalue weighted by molar-refractivity contribution is 0.0949. The van der Waals surface area contributed by atoms with Crippen LogP contribution in [-0.4, -0.2) is 91.3 Å². The Morgan fingerprint density at radius 3 is 2.74 bits per heavy atom. The molecular weight excluding hydrogens is 360 g/mol. The molecule has 27 heavy (non-hydrogen) atoms. The summed E-state index contributed by atoms with van der Waals surface area (Å²) in [4.78, 5) is 20.8. The minimum atomic E-state index is -0.0728. The summed E-state index contributed by atoms with van der Waals surface area (Å²) in [5.74, 6) is 0.816. The van der Waals surface area contributed by atoms with Gasteiger partial charge in [-0.05, 0) is 36.8 Å². The van der Waals surface area contributed by atoms with Gasteiger partial charge in [0, 0.05) is 50.7 Å². The topological polar surface area (TPSA) is 59.1 Å². The Labute approximate surface area is 167 Å². The number of aliphatic hydroxyl groups excluding tert-OH is 1. The average molecular weight is 395 g/mol. The van der Waals surface area contributed by atoms with E-state index in [-0.39, 0.29) is 18.7 Å². The van der Waals surface area contributed by atoms with Crippen LogP contribution in [0.3, 0.4) is 0 Å². The molecule has 1 aromatic heterocycles. The van der Waals surface area contributed by atoms with Gasteiger partial charge in [-0.25, -0.2) is 4.79 Å². The second kappa shape index (κ2) is 9.87. The van der Waals surface area contributed by atoms with Crippen molar-refractivity contribution in [1.82, 2.24) is 20.0 Å². The molecule has 2 fully saturated rings. The third-order valence-corrected chi connectivity index (χ3v) is 7.13. The summed E-state index contributed by atoms with van der Waals surface area (Å²) in [6, 6.07) is 4.04. The first kappa shape index (κ1) is 20.6. The number of thiophene rings is 1. The molecule has 2 amide bonds. The molecule has 2 N–H and O–H groups in total. The van der Waals surface area contributed by atoms with Crippen molar-refractivity contribution in [2.45, 2.75) is 25.8 Å². The first-order valence-electron chi connectivity index (χ1n) is 10.2. The van der Waals surface area contributed by atoms with Crippen molar-refractivity contribution in [3.8, 4) is 0 Å². The van der Waals surface area contributed by atoms with Crippen molar-refractivity contribution >= 4 is 17.4 Å². The number of nitrogens with zero attached hydrogens (tertiary/aromatic N) is 3. The zero-order valence-corrected chi connectivity index (χ0v) is 17.5. The van der Waals surface area contributed by atoms with Gasteiger partial charge in [0.1, 0.15) is 0 Å². The molecule has 0 radical (unpaired) electrons. The quantitative estimate of drug-likeness (QED) is 0.737. The van der Waals surface area contributed by atoms with Crippen molar-refractivity contribution in [3.05, 3.63) is 22.4 Å². The van der Waals surface area contributed by atoms with Crippen LogP contribution < -0.4 is 5.32 Å². The van der Waals surface area contributed by atoms with E-state index in [2.05, 4.69) is 40.5 Å². The van der Waals surface area contributed by atoms with E-state index in [1.807, 2.05) is 11.0 Å². The molecule has 3 heterocycles. The molecule has 2 aliphatic heterocycles. The van der Waals surface area contributed by atoms with Gasteiger partial charge in [-0.2, -0.15) is 0 Å². The van der Waals surface area contributed by atoms with E-state index < -0.39 is 0 Å². The number of aliphatic hydroxyl groups is 1. The lowest BCUT2D eigenvalue weighted by atomic mass is 9.88. The van der Waals surface area contributed by atoms with Crippen LogP contribution >= 0.6 is 11.3 Å². The molecule has 3 rings (SSSR count). The van der Waals surface area contributed by atoms with E-state index in [1.54, 1.807) is 11.3 Å². The predicted molar refractivity (Wildman–Crippen MR) is 110 cm³/mol. The molecule has 0 unspecified atom stereocenters. The fraction of sp³-hybridized carbons (Fsp3) is 0.750. The van der Waals surface area contributed by atoms with E-state index >= 15 is 0 Å².